The van der Waals surface area contributed by atoms with Gasteiger partial charge in [0.2, 0.25) is 5.91 Å². The highest BCUT2D eigenvalue weighted by atomic mass is 35.5. The Morgan fingerprint density at radius 1 is 1.30 bits per heavy atom. The second kappa shape index (κ2) is 9.91. The van der Waals surface area contributed by atoms with Crippen LogP contribution in [0.3, 0.4) is 0 Å². The van der Waals surface area contributed by atoms with Crippen LogP contribution in [-0.4, -0.2) is 43.0 Å². The van der Waals surface area contributed by atoms with E-state index in [-0.39, 0.29) is 18.3 Å². The van der Waals surface area contributed by atoms with E-state index in [1.54, 1.807) is 0 Å². The first-order chi connectivity index (χ1) is 10.6. The Balaban J connectivity index is 0.00000264. The summed E-state index contributed by atoms with van der Waals surface area (Å²) in [6.45, 7) is 9.86. The Labute approximate surface area is 146 Å². The molecule has 1 amide bonds. The van der Waals surface area contributed by atoms with Crippen LogP contribution < -0.4 is 10.6 Å². The molecule has 1 saturated heterocycles. The standard InChI is InChI=1S/C18H29N3O.ClH/c1-4-11-21(16-7-9-19-10-8-16)13-18(22)20-17-12-14(2)5-6-15(17)3;/h5-6,12,16,19H,4,7-11,13H2,1-3H3,(H,20,22);1H. The fraction of sp³-hybridized carbons (Fsp3) is 0.611. The van der Waals surface area contributed by atoms with E-state index < -0.39 is 0 Å². The molecule has 1 aromatic carbocycles. The predicted octanol–water partition coefficient (Wildman–Crippen LogP) is 3.13. The van der Waals surface area contributed by atoms with Crippen LogP contribution in [0.15, 0.2) is 18.2 Å². The number of anilines is 1. The zero-order valence-electron chi connectivity index (χ0n) is 14.5. The van der Waals surface area contributed by atoms with E-state index >= 15 is 0 Å². The van der Waals surface area contributed by atoms with E-state index in [2.05, 4.69) is 34.6 Å². The summed E-state index contributed by atoms with van der Waals surface area (Å²) in [6.07, 6.45) is 3.36. The second-order valence-corrected chi connectivity index (χ2v) is 6.32. The maximum atomic E-state index is 12.4. The van der Waals surface area contributed by atoms with Crippen LogP contribution in [0, 0.1) is 13.8 Å². The van der Waals surface area contributed by atoms with Crippen LogP contribution in [0.1, 0.15) is 37.3 Å². The lowest BCUT2D eigenvalue weighted by Crippen LogP contribution is -2.46. The predicted molar refractivity (Wildman–Crippen MR) is 99.5 cm³/mol. The molecule has 0 aliphatic carbocycles. The van der Waals surface area contributed by atoms with E-state index in [1.165, 1.54) is 5.56 Å². The van der Waals surface area contributed by atoms with Gasteiger partial charge < -0.3 is 10.6 Å². The summed E-state index contributed by atoms with van der Waals surface area (Å²) in [6, 6.07) is 6.71. The minimum absolute atomic E-state index is 0. The molecule has 2 N–H and O–H groups in total. The van der Waals surface area contributed by atoms with Gasteiger partial charge in [0.15, 0.2) is 0 Å². The molecule has 1 heterocycles. The van der Waals surface area contributed by atoms with E-state index in [1.807, 2.05) is 19.9 Å². The number of rotatable bonds is 6. The van der Waals surface area contributed by atoms with Gasteiger partial charge in [-0.1, -0.05) is 19.1 Å². The molecular weight excluding hydrogens is 310 g/mol. The molecule has 0 spiro atoms. The number of aryl methyl sites for hydroxylation is 2. The third-order valence-electron chi connectivity index (χ3n) is 4.35. The van der Waals surface area contributed by atoms with Crippen LogP contribution in [0.2, 0.25) is 0 Å². The third-order valence-corrected chi connectivity index (χ3v) is 4.35. The number of hydrogen-bond donors (Lipinski definition) is 2. The van der Waals surface area contributed by atoms with Crippen molar-refractivity contribution in [3.05, 3.63) is 29.3 Å². The summed E-state index contributed by atoms with van der Waals surface area (Å²) in [5.41, 5.74) is 3.22. The molecular formula is C18H30ClN3O. The molecule has 130 valence electrons. The number of piperidine rings is 1. The summed E-state index contributed by atoms with van der Waals surface area (Å²) in [5.74, 6) is 0.0979. The van der Waals surface area contributed by atoms with Crippen LogP contribution >= 0.6 is 12.4 Å². The maximum Gasteiger partial charge on any atom is 0.238 e. The van der Waals surface area contributed by atoms with Gasteiger partial charge in [-0.3, -0.25) is 9.69 Å². The minimum atomic E-state index is 0. The number of carbonyl (C=O) groups excluding carboxylic acids is 1. The van der Waals surface area contributed by atoms with Crippen LogP contribution in [0.25, 0.3) is 0 Å². The van der Waals surface area contributed by atoms with Crippen molar-refractivity contribution < 1.29 is 4.79 Å². The van der Waals surface area contributed by atoms with E-state index in [4.69, 9.17) is 0 Å². The fourth-order valence-corrected chi connectivity index (χ4v) is 3.09. The number of carbonyl (C=O) groups is 1. The van der Waals surface area contributed by atoms with Crippen molar-refractivity contribution >= 4 is 24.0 Å². The van der Waals surface area contributed by atoms with E-state index in [0.29, 0.717) is 12.6 Å². The molecule has 1 fully saturated rings. The molecule has 0 unspecified atom stereocenters. The first-order valence-electron chi connectivity index (χ1n) is 8.42. The van der Waals surface area contributed by atoms with Crippen molar-refractivity contribution in [1.82, 2.24) is 10.2 Å². The van der Waals surface area contributed by atoms with Gasteiger partial charge in [0.25, 0.3) is 0 Å². The van der Waals surface area contributed by atoms with Crippen LogP contribution in [0.5, 0.6) is 0 Å². The van der Waals surface area contributed by atoms with Crippen molar-refractivity contribution in [1.29, 1.82) is 0 Å². The van der Waals surface area contributed by atoms with E-state index in [9.17, 15) is 4.79 Å². The third kappa shape index (κ3) is 6.13. The summed E-state index contributed by atoms with van der Waals surface area (Å²) >= 11 is 0. The molecule has 0 bridgehead atoms. The van der Waals surface area contributed by atoms with Crippen molar-refractivity contribution in [3.8, 4) is 0 Å². The van der Waals surface area contributed by atoms with Gasteiger partial charge in [-0.25, -0.2) is 0 Å². The van der Waals surface area contributed by atoms with Crippen molar-refractivity contribution in [3.63, 3.8) is 0 Å². The van der Waals surface area contributed by atoms with Crippen molar-refractivity contribution in [2.24, 2.45) is 0 Å². The molecule has 0 radical (unpaired) electrons. The Bertz CT molecular complexity index is 501. The van der Waals surface area contributed by atoms with Crippen LogP contribution in [-0.2, 0) is 4.79 Å². The number of hydrogen-bond acceptors (Lipinski definition) is 3. The molecule has 0 atom stereocenters. The van der Waals surface area contributed by atoms with Crippen LogP contribution in [0.4, 0.5) is 5.69 Å². The lowest BCUT2D eigenvalue weighted by molar-refractivity contribution is -0.118. The number of halogens is 1. The molecule has 1 aliphatic rings. The Hall–Kier alpha value is -1.10. The molecule has 0 saturated carbocycles. The molecule has 1 aromatic rings. The SMILES string of the molecule is CCCN(CC(=O)Nc1cc(C)ccc1C)C1CCNCC1.Cl. The summed E-state index contributed by atoms with van der Waals surface area (Å²) < 4.78 is 0. The minimum Gasteiger partial charge on any atom is -0.325 e. The van der Waals surface area contributed by atoms with Crippen molar-refractivity contribution in [2.45, 2.75) is 46.1 Å². The molecule has 2 rings (SSSR count). The van der Waals surface area contributed by atoms with Gasteiger partial charge in [-0.15, -0.1) is 12.4 Å². The van der Waals surface area contributed by atoms with E-state index in [0.717, 1.165) is 50.1 Å². The number of nitrogens with zero attached hydrogens (tertiary/aromatic N) is 1. The van der Waals surface area contributed by atoms with Gasteiger partial charge in [-0.2, -0.15) is 0 Å². The Morgan fingerprint density at radius 2 is 2.00 bits per heavy atom. The smallest absolute Gasteiger partial charge is 0.238 e. The summed E-state index contributed by atoms with van der Waals surface area (Å²) in [7, 11) is 0. The van der Waals surface area contributed by atoms with Gasteiger partial charge in [0, 0.05) is 11.7 Å². The molecule has 5 heteroatoms. The topological polar surface area (TPSA) is 44.4 Å². The number of amides is 1. The normalized spacial score (nSPS) is 15.3. The highest BCUT2D eigenvalue weighted by Gasteiger charge is 2.22. The monoisotopic (exact) mass is 339 g/mol. The lowest BCUT2D eigenvalue weighted by Gasteiger charge is -2.34. The Kier molecular flexibility index (Phi) is 8.59. The molecule has 23 heavy (non-hydrogen) atoms. The zero-order chi connectivity index (χ0) is 15.9. The summed E-state index contributed by atoms with van der Waals surface area (Å²) in [5, 5.41) is 6.47. The zero-order valence-corrected chi connectivity index (χ0v) is 15.3. The second-order valence-electron chi connectivity index (χ2n) is 6.32. The summed E-state index contributed by atoms with van der Waals surface area (Å²) in [4.78, 5) is 14.8. The van der Waals surface area contributed by atoms with Gasteiger partial charge in [0.05, 0.1) is 6.54 Å². The first-order valence-corrected chi connectivity index (χ1v) is 8.42. The van der Waals surface area contributed by atoms with Gasteiger partial charge >= 0.3 is 0 Å². The Morgan fingerprint density at radius 3 is 2.65 bits per heavy atom. The van der Waals surface area contributed by atoms with Gasteiger partial charge in [0.1, 0.15) is 0 Å². The van der Waals surface area contributed by atoms with Gasteiger partial charge in [-0.05, 0) is 69.9 Å². The average Bonchev–Trinajstić information content (AvgIpc) is 2.51. The highest BCUT2D eigenvalue weighted by Crippen LogP contribution is 2.17. The number of nitrogens with one attached hydrogen (secondary N) is 2. The largest absolute Gasteiger partial charge is 0.325 e. The molecule has 1 aliphatic heterocycles. The maximum absolute atomic E-state index is 12.4. The van der Waals surface area contributed by atoms with Crippen molar-refractivity contribution in [2.75, 3.05) is 31.5 Å². The fourth-order valence-electron chi connectivity index (χ4n) is 3.09. The lowest BCUT2D eigenvalue weighted by atomic mass is 10.0. The average molecular weight is 340 g/mol. The number of benzene rings is 1. The molecule has 4 nitrogen and oxygen atoms in total. The molecule has 0 aromatic heterocycles. The highest BCUT2D eigenvalue weighted by molar-refractivity contribution is 5.93. The quantitative estimate of drug-likeness (QED) is 0.837. The first kappa shape index (κ1) is 19.9.